The van der Waals surface area contributed by atoms with Gasteiger partial charge in [-0.2, -0.15) is 0 Å². The van der Waals surface area contributed by atoms with Gasteiger partial charge < -0.3 is 52.8 Å². The average molecular weight is 1010 g/mol. The van der Waals surface area contributed by atoms with Gasteiger partial charge >= 0.3 is 6.09 Å². The van der Waals surface area contributed by atoms with Crippen molar-refractivity contribution in [3.05, 3.63) is 139 Å². The summed E-state index contributed by atoms with van der Waals surface area (Å²) < 4.78 is 32.1. The molecule has 2 aromatic heterocycles. The Balaban J connectivity index is 0.000000179. The molecule has 71 heavy (non-hydrogen) atoms. The molecule has 0 radical (unpaired) electrons. The second-order valence-electron chi connectivity index (χ2n) is 19.6. The zero-order valence-electron chi connectivity index (χ0n) is 40.9. The maximum absolute atomic E-state index is 13.3. The lowest BCUT2D eigenvalue weighted by atomic mass is 10.0. The molecule has 4 aliphatic rings. The Labute approximate surface area is 424 Å². The molecule has 4 aromatic carbocycles. The lowest BCUT2D eigenvalue weighted by Gasteiger charge is -2.39. The minimum absolute atomic E-state index is 0.0373. The first-order valence-corrected chi connectivity index (χ1v) is 25.6. The van der Waals surface area contributed by atoms with Gasteiger partial charge in [-0.05, 0) is 107 Å². The minimum atomic E-state index is -0.586. The van der Waals surface area contributed by atoms with Gasteiger partial charge in [0.1, 0.15) is 32.0 Å². The quantitative estimate of drug-likeness (QED) is 0.126. The van der Waals surface area contributed by atoms with Crippen molar-refractivity contribution >= 4 is 51.1 Å². The van der Waals surface area contributed by atoms with E-state index in [2.05, 4.69) is 27.2 Å². The summed E-state index contributed by atoms with van der Waals surface area (Å²) in [5, 5.41) is 6.49. The van der Waals surface area contributed by atoms with E-state index in [0.29, 0.717) is 67.9 Å². The van der Waals surface area contributed by atoms with Crippen molar-refractivity contribution in [2.45, 2.75) is 90.3 Å². The van der Waals surface area contributed by atoms with Crippen LogP contribution in [0.4, 0.5) is 4.79 Å². The van der Waals surface area contributed by atoms with Gasteiger partial charge in [-0.1, -0.05) is 71.7 Å². The van der Waals surface area contributed by atoms with E-state index < -0.39 is 5.60 Å². The third-order valence-corrected chi connectivity index (χ3v) is 14.2. The SMILES string of the molecule is CC(C)(C)OC(=O)N(Cc1ccc2c(c1)OCCO2)C1CCN(CCn2c(=O)cc(Cl)c3ccccc32)CC1.O=c1cc(Cl)c2ccccc2n1CCN1CCC(NCc2ccc3c(c2)OCCO3)CC1. The van der Waals surface area contributed by atoms with Crippen molar-refractivity contribution in [3.63, 3.8) is 0 Å². The van der Waals surface area contributed by atoms with E-state index in [1.165, 1.54) is 17.7 Å². The number of piperidine rings is 2. The number of halogens is 2. The number of rotatable bonds is 12. The molecule has 6 aromatic rings. The summed E-state index contributed by atoms with van der Waals surface area (Å²) >= 11 is 12.6. The Kier molecular flexibility index (Phi) is 16.1. The first-order chi connectivity index (χ1) is 34.3. The molecule has 2 saturated heterocycles. The number of amides is 1. The third kappa shape index (κ3) is 12.6. The molecule has 16 heteroatoms. The molecule has 0 aliphatic carbocycles. The zero-order chi connectivity index (χ0) is 49.5. The molecule has 1 amide bonds. The molecule has 10 rings (SSSR count). The fraction of sp³-hybridized carbons (Fsp3) is 0.436. The highest BCUT2D eigenvalue weighted by Gasteiger charge is 2.32. The van der Waals surface area contributed by atoms with Crippen molar-refractivity contribution in [2.24, 2.45) is 0 Å². The first kappa shape index (κ1) is 50.2. The Morgan fingerprint density at radius 2 is 1.08 bits per heavy atom. The molecule has 4 aliphatic heterocycles. The number of aromatic nitrogens is 2. The van der Waals surface area contributed by atoms with E-state index in [9.17, 15) is 14.4 Å². The van der Waals surface area contributed by atoms with Crippen molar-refractivity contribution in [2.75, 3.05) is 65.7 Å². The number of nitrogens with one attached hydrogen (secondary N) is 1. The van der Waals surface area contributed by atoms with E-state index in [1.54, 1.807) is 4.57 Å². The summed E-state index contributed by atoms with van der Waals surface area (Å²) in [6, 6.07) is 31.1. The van der Waals surface area contributed by atoms with Gasteiger partial charge in [-0.3, -0.25) is 9.59 Å². The molecule has 6 heterocycles. The van der Waals surface area contributed by atoms with Crippen LogP contribution in [-0.2, 0) is 30.9 Å². The second-order valence-corrected chi connectivity index (χ2v) is 20.4. The van der Waals surface area contributed by atoms with Crippen LogP contribution in [0.5, 0.6) is 23.0 Å². The number of hydrogen-bond donors (Lipinski definition) is 1. The molecule has 2 fully saturated rings. The van der Waals surface area contributed by atoms with E-state index in [4.69, 9.17) is 46.9 Å². The lowest BCUT2D eigenvalue weighted by Crippen LogP contribution is -2.49. The van der Waals surface area contributed by atoms with Crippen LogP contribution in [0, 0.1) is 0 Å². The molecular weight excluding hydrogens is 944 g/mol. The number of ether oxygens (including phenoxy) is 5. The minimum Gasteiger partial charge on any atom is -0.486 e. The topological polar surface area (TPSA) is 129 Å². The maximum atomic E-state index is 13.3. The second kappa shape index (κ2) is 22.8. The van der Waals surface area contributed by atoms with Crippen molar-refractivity contribution in [3.8, 4) is 23.0 Å². The largest absolute Gasteiger partial charge is 0.486 e. The van der Waals surface area contributed by atoms with Gasteiger partial charge in [0.15, 0.2) is 23.0 Å². The summed E-state index contributed by atoms with van der Waals surface area (Å²) in [4.78, 5) is 45.2. The average Bonchev–Trinajstić information content (AvgIpc) is 3.37. The number of carbonyl (C=O) groups excluding carboxylic acids is 1. The zero-order valence-corrected chi connectivity index (χ0v) is 42.4. The van der Waals surface area contributed by atoms with Crippen LogP contribution >= 0.6 is 23.2 Å². The van der Waals surface area contributed by atoms with Gasteiger partial charge in [-0.25, -0.2) is 4.79 Å². The number of hydrogen-bond acceptors (Lipinski definition) is 11. The monoisotopic (exact) mass is 1010 g/mol. The first-order valence-electron chi connectivity index (χ1n) is 24.9. The van der Waals surface area contributed by atoms with Gasteiger partial charge in [-0.15, -0.1) is 0 Å². The lowest BCUT2D eigenvalue weighted by molar-refractivity contribution is 0.00562. The van der Waals surface area contributed by atoms with E-state index in [-0.39, 0.29) is 23.3 Å². The molecule has 0 saturated carbocycles. The van der Waals surface area contributed by atoms with Crippen molar-refractivity contribution in [1.82, 2.24) is 29.2 Å². The molecule has 0 bridgehead atoms. The molecule has 0 unspecified atom stereocenters. The van der Waals surface area contributed by atoms with Crippen LogP contribution < -0.4 is 35.4 Å². The summed E-state index contributed by atoms with van der Waals surface area (Å²) in [7, 11) is 0. The van der Waals surface area contributed by atoms with Crippen LogP contribution in [0.1, 0.15) is 57.6 Å². The van der Waals surface area contributed by atoms with E-state index in [0.717, 1.165) is 116 Å². The number of benzene rings is 4. The van der Waals surface area contributed by atoms with Crippen LogP contribution in [0.3, 0.4) is 0 Å². The Hall–Kier alpha value is -5.77. The highest BCUT2D eigenvalue weighted by atomic mass is 35.5. The predicted molar refractivity (Wildman–Crippen MR) is 279 cm³/mol. The van der Waals surface area contributed by atoms with Gasteiger partial charge in [0, 0.05) is 87.3 Å². The molecule has 0 spiro atoms. The Morgan fingerprint density at radius 1 is 0.620 bits per heavy atom. The molecule has 1 N–H and O–H groups in total. The number of carbonyl (C=O) groups is 1. The molecule has 14 nitrogen and oxygen atoms in total. The van der Waals surface area contributed by atoms with Crippen molar-refractivity contribution in [1.29, 1.82) is 0 Å². The normalized spacial score (nSPS) is 16.6. The number of likely N-dealkylation sites (tertiary alicyclic amines) is 2. The van der Waals surface area contributed by atoms with Crippen LogP contribution in [0.25, 0.3) is 21.8 Å². The summed E-state index contributed by atoms with van der Waals surface area (Å²) in [6.07, 6.45) is 3.52. The van der Waals surface area contributed by atoms with Crippen LogP contribution in [0.15, 0.2) is 107 Å². The number of fused-ring (bicyclic) bond motifs is 4. The number of nitrogens with zero attached hydrogens (tertiary/aromatic N) is 5. The predicted octanol–water partition coefficient (Wildman–Crippen LogP) is 9.01. The fourth-order valence-electron chi connectivity index (χ4n) is 9.85. The van der Waals surface area contributed by atoms with Crippen molar-refractivity contribution < 1.29 is 28.5 Å². The smallest absolute Gasteiger partial charge is 0.410 e. The van der Waals surface area contributed by atoms with Gasteiger partial charge in [0.25, 0.3) is 11.1 Å². The summed E-state index contributed by atoms with van der Waals surface area (Å²) in [5.41, 5.74) is 3.22. The van der Waals surface area contributed by atoms with E-state index >= 15 is 0 Å². The standard InChI is InChI=1S/C30H36ClN3O5.C25H28ClN3O3/c1-30(2,3)39-29(36)34(20-21-8-9-26-27(18-21)38-17-16-37-26)22-10-12-32(13-11-22)14-15-33-25-7-5-4-6-23(25)24(31)19-28(33)35;26-21-16-25(30)29(22-4-2-1-3-20(21)22)12-11-28-9-7-19(8-10-28)27-17-18-5-6-23-24(15-18)32-14-13-31-23/h4-9,18-19,22H,10-17,20H2,1-3H3;1-6,15-16,19,27H,7-14,17H2. The molecular formula is C55H64Cl2N6O8. The number of pyridine rings is 2. The maximum Gasteiger partial charge on any atom is 0.410 e. The van der Waals surface area contributed by atoms with Gasteiger partial charge in [0.05, 0.1) is 21.1 Å². The Morgan fingerprint density at radius 3 is 1.61 bits per heavy atom. The third-order valence-electron chi connectivity index (χ3n) is 13.6. The fourth-order valence-corrected chi connectivity index (χ4v) is 10.4. The summed E-state index contributed by atoms with van der Waals surface area (Å²) in [5.74, 6) is 3.12. The molecule has 376 valence electrons. The van der Waals surface area contributed by atoms with Crippen LogP contribution in [0.2, 0.25) is 10.0 Å². The molecule has 0 atom stereocenters. The Bertz CT molecular complexity index is 2940. The highest BCUT2D eigenvalue weighted by molar-refractivity contribution is 6.35. The van der Waals surface area contributed by atoms with E-state index in [1.807, 2.05) is 103 Å². The number of para-hydroxylation sites is 2. The van der Waals surface area contributed by atoms with Crippen LogP contribution in [-0.4, -0.2) is 113 Å². The van der Waals surface area contributed by atoms with Gasteiger partial charge in [0.2, 0.25) is 0 Å². The highest BCUT2D eigenvalue weighted by Crippen LogP contribution is 2.33. The summed E-state index contributed by atoms with van der Waals surface area (Å²) in [6.45, 7) is 15.8.